The average molecular weight is 312 g/mol. The molecule has 0 aliphatic heterocycles. The number of hydrogen-bond acceptors (Lipinski definition) is 3. The van der Waals surface area contributed by atoms with Gasteiger partial charge in [0.15, 0.2) is 0 Å². The molecule has 1 N–H and O–H groups in total. The molecule has 23 heavy (non-hydrogen) atoms. The molecule has 0 spiro atoms. The van der Waals surface area contributed by atoms with Crippen LogP contribution < -0.4 is 0 Å². The fraction of sp³-hybridized carbons (Fsp3) is 0.353. The molecule has 0 radical (unpaired) electrons. The number of aromatic nitrogens is 4. The van der Waals surface area contributed by atoms with Gasteiger partial charge in [-0.25, -0.2) is 9.78 Å². The van der Waals surface area contributed by atoms with Crippen LogP contribution in [0.5, 0.6) is 0 Å². The van der Waals surface area contributed by atoms with Gasteiger partial charge in [0.25, 0.3) is 0 Å². The zero-order valence-electron chi connectivity index (χ0n) is 13.3. The Bertz CT molecular complexity index is 817. The van der Waals surface area contributed by atoms with Crippen molar-refractivity contribution in [1.29, 1.82) is 0 Å². The molecule has 0 amide bonds. The molecule has 0 atom stereocenters. The van der Waals surface area contributed by atoms with Crippen LogP contribution in [0.3, 0.4) is 0 Å². The zero-order valence-corrected chi connectivity index (χ0v) is 13.3. The molecule has 6 nitrogen and oxygen atoms in total. The largest absolute Gasteiger partial charge is 0.478 e. The van der Waals surface area contributed by atoms with Crippen molar-refractivity contribution < 1.29 is 9.90 Å². The van der Waals surface area contributed by atoms with E-state index in [1.165, 1.54) is 0 Å². The molecule has 1 aromatic carbocycles. The Morgan fingerprint density at radius 1 is 1.30 bits per heavy atom. The lowest BCUT2D eigenvalue weighted by molar-refractivity contribution is 0.0697. The summed E-state index contributed by atoms with van der Waals surface area (Å²) in [7, 11) is 0. The lowest BCUT2D eigenvalue weighted by Crippen LogP contribution is -2.14. The number of imidazole rings is 1. The topological polar surface area (TPSA) is 72.9 Å². The molecule has 0 aliphatic carbocycles. The van der Waals surface area contributed by atoms with Crippen molar-refractivity contribution in [3.8, 4) is 0 Å². The third-order valence-corrected chi connectivity index (χ3v) is 4.18. The summed E-state index contributed by atoms with van der Waals surface area (Å²) in [5.41, 5.74) is 1.96. The number of aromatic carboxylic acids is 1. The van der Waals surface area contributed by atoms with E-state index < -0.39 is 5.97 Å². The molecule has 0 bridgehead atoms. The first-order valence-corrected chi connectivity index (χ1v) is 7.85. The first kappa shape index (κ1) is 15.3. The lowest BCUT2D eigenvalue weighted by atomic mass is 10.1. The second kappa shape index (κ2) is 6.24. The molecule has 3 aromatic rings. The second-order valence-electron chi connectivity index (χ2n) is 5.58. The molecule has 120 valence electrons. The van der Waals surface area contributed by atoms with Crippen LogP contribution in [0, 0.1) is 0 Å². The quantitative estimate of drug-likeness (QED) is 0.757. The van der Waals surface area contributed by atoms with Gasteiger partial charge in [0.2, 0.25) is 0 Å². The Morgan fingerprint density at radius 3 is 2.70 bits per heavy atom. The number of benzene rings is 1. The molecule has 0 saturated heterocycles. The van der Waals surface area contributed by atoms with Crippen molar-refractivity contribution in [3.05, 3.63) is 48.0 Å². The number of carboxylic acid groups (broad SMARTS) is 1. The second-order valence-corrected chi connectivity index (χ2v) is 5.58. The lowest BCUT2D eigenvalue weighted by Gasteiger charge is -2.19. The third kappa shape index (κ3) is 2.84. The maximum atomic E-state index is 11.2. The Kier molecular flexibility index (Phi) is 4.14. The Labute approximate surface area is 134 Å². The van der Waals surface area contributed by atoms with Crippen LogP contribution in [-0.2, 0) is 6.54 Å². The zero-order chi connectivity index (χ0) is 16.4. The normalized spacial score (nSPS) is 11.4. The molecule has 2 aromatic heterocycles. The standard InChI is InChI=1S/C17H20N4O2/c1-3-13(4-2)21-15-7-6-12(17(22)23)10-14(15)19-16(21)11-20-9-5-8-18-20/h5-10,13H,3-4,11H2,1-2H3,(H,22,23). The molecular formula is C17H20N4O2. The van der Waals surface area contributed by atoms with Crippen LogP contribution in [0.25, 0.3) is 11.0 Å². The van der Waals surface area contributed by atoms with E-state index in [1.807, 2.05) is 23.0 Å². The minimum Gasteiger partial charge on any atom is -0.478 e. The first-order valence-electron chi connectivity index (χ1n) is 7.85. The van der Waals surface area contributed by atoms with Gasteiger partial charge in [-0.15, -0.1) is 0 Å². The number of carbonyl (C=O) groups is 1. The molecule has 0 unspecified atom stereocenters. The highest BCUT2D eigenvalue weighted by atomic mass is 16.4. The van der Waals surface area contributed by atoms with Gasteiger partial charge in [-0.1, -0.05) is 13.8 Å². The summed E-state index contributed by atoms with van der Waals surface area (Å²) in [6, 6.07) is 7.36. The minimum absolute atomic E-state index is 0.261. The van der Waals surface area contributed by atoms with Crippen LogP contribution in [0.4, 0.5) is 0 Å². The molecule has 0 saturated carbocycles. The number of rotatable bonds is 6. The van der Waals surface area contributed by atoms with Gasteiger partial charge in [-0.2, -0.15) is 5.10 Å². The summed E-state index contributed by atoms with van der Waals surface area (Å²) in [4.78, 5) is 15.9. The third-order valence-electron chi connectivity index (χ3n) is 4.18. The van der Waals surface area contributed by atoms with E-state index in [1.54, 1.807) is 18.3 Å². The summed E-state index contributed by atoms with van der Waals surface area (Å²) in [5.74, 6) is -0.0300. The minimum atomic E-state index is -0.933. The fourth-order valence-corrected chi connectivity index (χ4v) is 2.99. The SMILES string of the molecule is CCC(CC)n1c(Cn2cccn2)nc2cc(C(=O)O)ccc21. The number of carboxylic acids is 1. The van der Waals surface area contributed by atoms with E-state index in [9.17, 15) is 9.90 Å². The van der Waals surface area contributed by atoms with Crippen molar-refractivity contribution in [2.75, 3.05) is 0 Å². The maximum Gasteiger partial charge on any atom is 0.335 e. The Hall–Kier alpha value is -2.63. The molecule has 3 rings (SSSR count). The number of nitrogens with zero attached hydrogens (tertiary/aromatic N) is 4. The van der Waals surface area contributed by atoms with Gasteiger partial charge in [0.1, 0.15) is 5.82 Å². The summed E-state index contributed by atoms with van der Waals surface area (Å²) in [6.45, 7) is 4.88. The first-order chi connectivity index (χ1) is 11.1. The smallest absolute Gasteiger partial charge is 0.335 e. The highest BCUT2D eigenvalue weighted by Crippen LogP contribution is 2.26. The summed E-state index contributed by atoms with van der Waals surface area (Å²) in [6.07, 6.45) is 5.63. The number of hydrogen-bond donors (Lipinski definition) is 1. The van der Waals surface area contributed by atoms with Crippen molar-refractivity contribution >= 4 is 17.0 Å². The van der Waals surface area contributed by atoms with Gasteiger partial charge in [-0.3, -0.25) is 4.68 Å². The highest BCUT2D eigenvalue weighted by molar-refractivity contribution is 5.92. The summed E-state index contributed by atoms with van der Waals surface area (Å²) in [5, 5.41) is 13.4. The summed E-state index contributed by atoms with van der Waals surface area (Å²) >= 11 is 0. The Morgan fingerprint density at radius 2 is 2.09 bits per heavy atom. The molecular weight excluding hydrogens is 292 g/mol. The van der Waals surface area contributed by atoms with Crippen molar-refractivity contribution in [1.82, 2.24) is 19.3 Å². The van der Waals surface area contributed by atoms with Gasteiger partial charge in [-0.05, 0) is 37.1 Å². The van der Waals surface area contributed by atoms with Crippen molar-refractivity contribution in [2.24, 2.45) is 0 Å². The predicted octanol–water partition coefficient (Wildman–Crippen LogP) is 3.34. The van der Waals surface area contributed by atoms with Gasteiger partial charge >= 0.3 is 5.97 Å². The van der Waals surface area contributed by atoms with E-state index in [0.29, 0.717) is 12.6 Å². The Balaban J connectivity index is 2.15. The molecule has 0 aliphatic rings. The van der Waals surface area contributed by atoms with Crippen LogP contribution in [-0.4, -0.2) is 30.4 Å². The van der Waals surface area contributed by atoms with Crippen LogP contribution >= 0.6 is 0 Å². The van der Waals surface area contributed by atoms with E-state index in [4.69, 9.17) is 0 Å². The van der Waals surface area contributed by atoms with E-state index in [2.05, 4.69) is 28.5 Å². The van der Waals surface area contributed by atoms with Crippen molar-refractivity contribution in [2.45, 2.75) is 39.3 Å². The monoisotopic (exact) mass is 312 g/mol. The van der Waals surface area contributed by atoms with Crippen LogP contribution in [0.2, 0.25) is 0 Å². The number of fused-ring (bicyclic) bond motifs is 1. The van der Waals surface area contributed by atoms with Crippen LogP contribution in [0.15, 0.2) is 36.7 Å². The van der Waals surface area contributed by atoms with Gasteiger partial charge in [0, 0.05) is 18.4 Å². The van der Waals surface area contributed by atoms with E-state index >= 15 is 0 Å². The van der Waals surface area contributed by atoms with Gasteiger partial charge in [0.05, 0.1) is 23.1 Å². The summed E-state index contributed by atoms with van der Waals surface area (Å²) < 4.78 is 4.06. The average Bonchev–Trinajstić information content (AvgIpc) is 3.16. The molecule has 0 fully saturated rings. The van der Waals surface area contributed by atoms with E-state index in [-0.39, 0.29) is 5.56 Å². The van der Waals surface area contributed by atoms with Gasteiger partial charge < -0.3 is 9.67 Å². The fourth-order valence-electron chi connectivity index (χ4n) is 2.99. The predicted molar refractivity (Wildman–Crippen MR) is 87.6 cm³/mol. The molecule has 6 heteroatoms. The molecule has 2 heterocycles. The van der Waals surface area contributed by atoms with Crippen molar-refractivity contribution in [3.63, 3.8) is 0 Å². The maximum absolute atomic E-state index is 11.2. The van der Waals surface area contributed by atoms with Crippen LogP contribution in [0.1, 0.15) is 48.9 Å². The van der Waals surface area contributed by atoms with E-state index in [0.717, 1.165) is 29.7 Å². The highest BCUT2D eigenvalue weighted by Gasteiger charge is 2.18.